The van der Waals surface area contributed by atoms with Crippen molar-refractivity contribution < 1.29 is 13.9 Å². The molecule has 19 heavy (non-hydrogen) atoms. The van der Waals surface area contributed by atoms with Crippen LogP contribution in [0, 0.1) is 5.82 Å². The van der Waals surface area contributed by atoms with Crippen molar-refractivity contribution in [2.45, 2.75) is 45.1 Å². The Morgan fingerprint density at radius 2 is 2.16 bits per heavy atom. The van der Waals surface area contributed by atoms with Gasteiger partial charge in [0.25, 0.3) is 0 Å². The molecule has 0 spiro atoms. The minimum atomic E-state index is -0.411. The van der Waals surface area contributed by atoms with Gasteiger partial charge in [0.2, 0.25) is 0 Å². The van der Waals surface area contributed by atoms with Crippen molar-refractivity contribution in [1.82, 2.24) is 0 Å². The van der Waals surface area contributed by atoms with Crippen LogP contribution in [0.2, 0.25) is 0 Å². The molecule has 1 aliphatic carbocycles. The van der Waals surface area contributed by atoms with Gasteiger partial charge >= 0.3 is 0 Å². The molecule has 0 N–H and O–H groups in total. The van der Waals surface area contributed by atoms with Gasteiger partial charge in [-0.3, -0.25) is 4.79 Å². The van der Waals surface area contributed by atoms with Gasteiger partial charge < -0.3 is 4.74 Å². The van der Waals surface area contributed by atoms with Gasteiger partial charge in [0.15, 0.2) is 5.78 Å². The maximum Gasteiger partial charge on any atom is 0.163 e. The molecule has 1 unspecified atom stereocenters. The van der Waals surface area contributed by atoms with Crippen LogP contribution in [0.25, 0.3) is 0 Å². The summed E-state index contributed by atoms with van der Waals surface area (Å²) in [5.41, 5.74) is 0.315. The minimum Gasteiger partial charge on any atom is -0.486 e. The Kier molecular flexibility index (Phi) is 4.72. The molecule has 0 fully saturated rings. The first kappa shape index (κ1) is 13.8. The number of hydrogen-bond donors (Lipinski definition) is 0. The second-order valence-corrected chi connectivity index (χ2v) is 4.92. The Morgan fingerprint density at radius 1 is 1.32 bits per heavy atom. The summed E-state index contributed by atoms with van der Waals surface area (Å²) in [5.74, 6) is -0.112. The number of benzene rings is 1. The van der Waals surface area contributed by atoms with Crippen LogP contribution in [-0.4, -0.2) is 11.9 Å². The summed E-state index contributed by atoms with van der Waals surface area (Å²) in [6.45, 7) is 1.43. The van der Waals surface area contributed by atoms with E-state index in [0.717, 1.165) is 19.3 Å². The second kappa shape index (κ2) is 6.50. The van der Waals surface area contributed by atoms with Crippen molar-refractivity contribution in [2.24, 2.45) is 0 Å². The summed E-state index contributed by atoms with van der Waals surface area (Å²) in [5, 5.41) is 0. The third-order valence-corrected chi connectivity index (χ3v) is 3.31. The van der Waals surface area contributed by atoms with Crippen LogP contribution in [0.1, 0.15) is 49.4 Å². The van der Waals surface area contributed by atoms with Crippen molar-refractivity contribution in [3.63, 3.8) is 0 Å². The van der Waals surface area contributed by atoms with Crippen molar-refractivity contribution in [3.8, 4) is 5.75 Å². The summed E-state index contributed by atoms with van der Waals surface area (Å²) in [7, 11) is 0. The largest absolute Gasteiger partial charge is 0.486 e. The summed E-state index contributed by atoms with van der Waals surface area (Å²) in [4.78, 5) is 11.5. The van der Waals surface area contributed by atoms with Crippen LogP contribution in [-0.2, 0) is 0 Å². The topological polar surface area (TPSA) is 26.3 Å². The predicted octanol–water partition coefficient (Wildman–Crippen LogP) is 4.30. The molecule has 0 heterocycles. The first-order chi connectivity index (χ1) is 9.16. The highest BCUT2D eigenvalue weighted by atomic mass is 19.1. The molecule has 3 heteroatoms. The zero-order valence-corrected chi connectivity index (χ0v) is 11.2. The van der Waals surface area contributed by atoms with Crippen molar-refractivity contribution in [2.75, 3.05) is 0 Å². The number of hydrogen-bond acceptors (Lipinski definition) is 2. The highest BCUT2D eigenvalue weighted by Crippen LogP contribution is 2.24. The molecule has 1 atom stereocenters. The monoisotopic (exact) mass is 262 g/mol. The summed E-state index contributed by atoms with van der Waals surface area (Å²) >= 11 is 0. The van der Waals surface area contributed by atoms with E-state index in [-0.39, 0.29) is 11.9 Å². The molecule has 0 saturated heterocycles. The first-order valence-electron chi connectivity index (χ1n) is 6.80. The summed E-state index contributed by atoms with van der Waals surface area (Å²) in [6.07, 6.45) is 9.70. The smallest absolute Gasteiger partial charge is 0.163 e. The quantitative estimate of drug-likeness (QED) is 0.599. The van der Waals surface area contributed by atoms with Gasteiger partial charge in [-0.2, -0.15) is 0 Å². The Hall–Kier alpha value is -1.64. The molecule has 0 aliphatic heterocycles. The van der Waals surface area contributed by atoms with E-state index in [0.29, 0.717) is 11.3 Å². The lowest BCUT2D eigenvalue weighted by atomic mass is 10.0. The van der Waals surface area contributed by atoms with E-state index in [1.54, 1.807) is 6.07 Å². The highest BCUT2D eigenvalue weighted by molar-refractivity contribution is 5.96. The fourth-order valence-electron chi connectivity index (χ4n) is 2.27. The van der Waals surface area contributed by atoms with Gasteiger partial charge in [0, 0.05) is 0 Å². The van der Waals surface area contributed by atoms with E-state index in [2.05, 4.69) is 6.08 Å². The number of Topliss-reactive ketones (excluding diaryl/α,β-unsaturated/α-hetero) is 1. The number of carbonyl (C=O) groups excluding carboxylic acids is 1. The van der Waals surface area contributed by atoms with E-state index in [1.807, 2.05) is 6.08 Å². The Labute approximate surface area is 113 Å². The number of halogens is 1. The number of ether oxygens (including phenoxy) is 1. The van der Waals surface area contributed by atoms with Crippen molar-refractivity contribution in [3.05, 3.63) is 41.7 Å². The molecule has 102 valence electrons. The van der Waals surface area contributed by atoms with Crippen LogP contribution in [0.15, 0.2) is 30.4 Å². The number of allylic oxidation sites excluding steroid dienone is 1. The van der Waals surface area contributed by atoms with Crippen LogP contribution >= 0.6 is 0 Å². The third kappa shape index (κ3) is 3.91. The summed E-state index contributed by atoms with van der Waals surface area (Å²) < 4.78 is 19.0. The standard InChI is InChI=1S/C16H19FO2/c1-12(18)15-11-13(17)9-10-16(15)19-14-7-5-3-2-4-6-8-14/h5,7,9-11,14H,2-4,6,8H2,1H3/b7-5+. The molecule has 0 radical (unpaired) electrons. The lowest BCUT2D eigenvalue weighted by molar-refractivity contribution is 0.101. The molecular weight excluding hydrogens is 243 g/mol. The van der Waals surface area contributed by atoms with Crippen LogP contribution in [0.5, 0.6) is 5.75 Å². The van der Waals surface area contributed by atoms with E-state index in [9.17, 15) is 9.18 Å². The van der Waals surface area contributed by atoms with Crippen molar-refractivity contribution >= 4 is 5.78 Å². The average molecular weight is 262 g/mol. The maximum absolute atomic E-state index is 13.2. The molecule has 0 aromatic heterocycles. The number of carbonyl (C=O) groups is 1. The van der Waals surface area contributed by atoms with Gasteiger partial charge in [-0.15, -0.1) is 0 Å². The molecular formula is C16H19FO2. The van der Waals surface area contributed by atoms with E-state index in [1.165, 1.54) is 31.9 Å². The SMILES string of the molecule is CC(=O)c1cc(F)ccc1OC1/C=C/CCCCC1. The van der Waals surface area contributed by atoms with Gasteiger partial charge in [-0.1, -0.05) is 12.5 Å². The van der Waals surface area contributed by atoms with Gasteiger partial charge in [-0.25, -0.2) is 4.39 Å². The van der Waals surface area contributed by atoms with Crippen molar-refractivity contribution in [1.29, 1.82) is 0 Å². The fraction of sp³-hybridized carbons (Fsp3) is 0.438. The lowest BCUT2D eigenvalue weighted by Gasteiger charge is -2.19. The molecule has 1 aliphatic rings. The van der Waals surface area contributed by atoms with Crippen LogP contribution in [0.3, 0.4) is 0 Å². The molecule has 1 aromatic carbocycles. The molecule has 0 amide bonds. The zero-order chi connectivity index (χ0) is 13.7. The minimum absolute atomic E-state index is 0.0242. The molecule has 1 aromatic rings. The molecule has 2 nitrogen and oxygen atoms in total. The molecule has 0 bridgehead atoms. The zero-order valence-electron chi connectivity index (χ0n) is 11.2. The number of ketones is 1. The van der Waals surface area contributed by atoms with Crippen LogP contribution in [0.4, 0.5) is 4.39 Å². The normalized spacial score (nSPS) is 21.3. The van der Waals surface area contributed by atoms with Gasteiger partial charge in [0.1, 0.15) is 17.7 Å². The highest BCUT2D eigenvalue weighted by Gasteiger charge is 2.14. The predicted molar refractivity (Wildman–Crippen MR) is 73.0 cm³/mol. The summed E-state index contributed by atoms with van der Waals surface area (Å²) in [6, 6.07) is 4.11. The van der Waals surface area contributed by atoms with E-state index >= 15 is 0 Å². The maximum atomic E-state index is 13.2. The lowest BCUT2D eigenvalue weighted by Crippen LogP contribution is -2.16. The Bertz CT molecular complexity index is 480. The first-order valence-corrected chi connectivity index (χ1v) is 6.80. The Morgan fingerprint density at radius 3 is 2.95 bits per heavy atom. The molecule has 2 rings (SSSR count). The number of rotatable bonds is 3. The average Bonchev–Trinajstić information content (AvgIpc) is 2.34. The fourth-order valence-corrected chi connectivity index (χ4v) is 2.27. The molecule has 0 saturated carbocycles. The second-order valence-electron chi connectivity index (χ2n) is 4.92. The van der Waals surface area contributed by atoms with Gasteiger partial charge in [0.05, 0.1) is 5.56 Å². The third-order valence-electron chi connectivity index (χ3n) is 3.31. The van der Waals surface area contributed by atoms with E-state index in [4.69, 9.17) is 4.74 Å². The van der Waals surface area contributed by atoms with Crippen LogP contribution < -0.4 is 4.74 Å². The van der Waals surface area contributed by atoms with E-state index < -0.39 is 5.82 Å². The Balaban J connectivity index is 2.17. The van der Waals surface area contributed by atoms with Gasteiger partial charge in [-0.05, 0) is 56.9 Å².